The van der Waals surface area contributed by atoms with Crippen LogP contribution >= 0.6 is 0 Å². The first-order valence-corrected chi connectivity index (χ1v) is 8.03. The number of nitrogens with two attached hydrogens (primary N) is 1. The van der Waals surface area contributed by atoms with Gasteiger partial charge in [0.15, 0.2) is 5.96 Å². The number of hydrogen-bond acceptors (Lipinski definition) is 4. The number of rotatable bonds is 5. The summed E-state index contributed by atoms with van der Waals surface area (Å²) in [6.07, 6.45) is 4.06. The molecule has 6 nitrogen and oxygen atoms in total. The lowest BCUT2D eigenvalue weighted by Crippen LogP contribution is -2.46. The fourth-order valence-corrected chi connectivity index (χ4v) is 3.08. The Morgan fingerprint density at radius 1 is 1.48 bits per heavy atom. The van der Waals surface area contributed by atoms with Crippen LogP contribution in [0.1, 0.15) is 32.6 Å². The molecule has 2 heterocycles. The fourth-order valence-electron chi connectivity index (χ4n) is 3.08. The summed E-state index contributed by atoms with van der Waals surface area (Å²) in [6, 6.07) is 0. The number of aliphatic hydroxyl groups excluding tert-OH is 1. The van der Waals surface area contributed by atoms with Crippen molar-refractivity contribution in [1.82, 2.24) is 4.90 Å². The Labute approximate surface area is 127 Å². The van der Waals surface area contributed by atoms with E-state index in [0.717, 1.165) is 25.9 Å². The summed E-state index contributed by atoms with van der Waals surface area (Å²) >= 11 is 0. The van der Waals surface area contributed by atoms with E-state index in [9.17, 15) is 0 Å². The van der Waals surface area contributed by atoms with Crippen LogP contribution in [-0.4, -0.2) is 67.6 Å². The smallest absolute Gasteiger partial charge is 0.191 e. The molecule has 2 rings (SSSR count). The molecule has 21 heavy (non-hydrogen) atoms. The molecule has 3 N–H and O–H groups in total. The van der Waals surface area contributed by atoms with Gasteiger partial charge >= 0.3 is 0 Å². The van der Waals surface area contributed by atoms with E-state index in [1.54, 1.807) is 0 Å². The third-order valence-electron chi connectivity index (χ3n) is 4.41. The second kappa shape index (κ2) is 7.96. The number of guanidine groups is 1. The molecular formula is C15H29N3O3. The lowest BCUT2D eigenvalue weighted by atomic mass is 9.94. The highest BCUT2D eigenvalue weighted by Gasteiger charge is 2.33. The molecule has 0 radical (unpaired) electrons. The average molecular weight is 299 g/mol. The zero-order chi connectivity index (χ0) is 15.1. The third-order valence-corrected chi connectivity index (χ3v) is 4.41. The molecule has 0 saturated carbocycles. The van der Waals surface area contributed by atoms with Crippen molar-refractivity contribution in [2.24, 2.45) is 16.6 Å². The van der Waals surface area contributed by atoms with Crippen LogP contribution in [-0.2, 0) is 9.47 Å². The molecule has 0 amide bonds. The van der Waals surface area contributed by atoms with Crippen LogP contribution in [0.25, 0.3) is 0 Å². The van der Waals surface area contributed by atoms with Crippen molar-refractivity contribution >= 4 is 5.96 Å². The van der Waals surface area contributed by atoms with Crippen LogP contribution in [0.2, 0.25) is 0 Å². The van der Waals surface area contributed by atoms with Gasteiger partial charge < -0.3 is 25.2 Å². The minimum atomic E-state index is -0.326. The van der Waals surface area contributed by atoms with Crippen LogP contribution in [0.4, 0.5) is 0 Å². The van der Waals surface area contributed by atoms with E-state index < -0.39 is 0 Å². The summed E-state index contributed by atoms with van der Waals surface area (Å²) < 4.78 is 11.3. The molecular weight excluding hydrogens is 270 g/mol. The minimum Gasteiger partial charge on any atom is -0.394 e. The molecule has 1 unspecified atom stereocenters. The highest BCUT2D eigenvalue weighted by Crippen LogP contribution is 2.26. The van der Waals surface area contributed by atoms with Crippen molar-refractivity contribution in [1.29, 1.82) is 0 Å². The summed E-state index contributed by atoms with van der Waals surface area (Å²) in [6.45, 7) is 6.53. The number of piperidine rings is 1. The zero-order valence-electron chi connectivity index (χ0n) is 13.1. The molecule has 0 bridgehead atoms. The van der Waals surface area contributed by atoms with Crippen molar-refractivity contribution in [2.45, 2.75) is 38.2 Å². The highest BCUT2D eigenvalue weighted by atomic mass is 16.5. The van der Waals surface area contributed by atoms with Crippen molar-refractivity contribution in [2.75, 3.05) is 46.1 Å². The Bertz CT molecular complexity index is 343. The summed E-state index contributed by atoms with van der Waals surface area (Å²) in [5, 5.41) is 9.00. The van der Waals surface area contributed by atoms with Gasteiger partial charge in [-0.15, -0.1) is 0 Å². The zero-order valence-corrected chi connectivity index (χ0v) is 13.1. The van der Waals surface area contributed by atoms with Gasteiger partial charge in [-0.05, 0) is 18.8 Å². The van der Waals surface area contributed by atoms with Crippen LogP contribution in [0, 0.1) is 5.92 Å². The molecule has 2 fully saturated rings. The van der Waals surface area contributed by atoms with Crippen LogP contribution in [0.3, 0.4) is 0 Å². The number of hydrogen-bond donors (Lipinski definition) is 2. The summed E-state index contributed by atoms with van der Waals surface area (Å²) in [5.74, 6) is 1.30. The molecule has 6 heteroatoms. The predicted molar refractivity (Wildman–Crippen MR) is 82.3 cm³/mol. The topological polar surface area (TPSA) is 80.3 Å². The number of likely N-dealkylation sites (tertiary alicyclic amines) is 1. The van der Waals surface area contributed by atoms with Crippen molar-refractivity contribution in [3.05, 3.63) is 0 Å². The quantitative estimate of drug-likeness (QED) is 0.574. The Balaban J connectivity index is 1.93. The molecule has 2 aliphatic heterocycles. The number of ether oxygens (including phenoxy) is 2. The predicted octanol–water partition coefficient (Wildman–Crippen LogP) is 0.591. The minimum absolute atomic E-state index is 0.0332. The molecule has 2 aliphatic rings. The maximum absolute atomic E-state index is 9.00. The molecule has 0 aromatic carbocycles. The lowest BCUT2D eigenvalue weighted by Gasteiger charge is -2.37. The summed E-state index contributed by atoms with van der Waals surface area (Å²) in [7, 11) is 0. The van der Waals surface area contributed by atoms with Gasteiger partial charge in [0.25, 0.3) is 0 Å². The summed E-state index contributed by atoms with van der Waals surface area (Å²) in [5.41, 5.74) is 5.83. The Kier molecular flexibility index (Phi) is 6.26. The Morgan fingerprint density at radius 2 is 2.24 bits per heavy atom. The summed E-state index contributed by atoms with van der Waals surface area (Å²) in [4.78, 5) is 6.76. The maximum Gasteiger partial charge on any atom is 0.191 e. The molecule has 0 aromatic heterocycles. The van der Waals surface area contributed by atoms with Crippen molar-refractivity contribution in [3.8, 4) is 0 Å². The van der Waals surface area contributed by atoms with Gasteiger partial charge in [0.2, 0.25) is 0 Å². The lowest BCUT2D eigenvalue weighted by molar-refractivity contribution is -0.111. The molecule has 0 aromatic rings. The molecule has 0 spiro atoms. The van der Waals surface area contributed by atoms with E-state index in [-0.39, 0.29) is 12.2 Å². The van der Waals surface area contributed by atoms with Crippen LogP contribution in [0.5, 0.6) is 0 Å². The Morgan fingerprint density at radius 3 is 2.90 bits per heavy atom. The average Bonchev–Trinajstić information content (AvgIpc) is 2.52. The van der Waals surface area contributed by atoms with Crippen molar-refractivity contribution in [3.63, 3.8) is 0 Å². The third kappa shape index (κ3) is 4.83. The van der Waals surface area contributed by atoms with E-state index in [1.165, 1.54) is 12.8 Å². The van der Waals surface area contributed by atoms with E-state index in [0.29, 0.717) is 38.2 Å². The number of aliphatic hydroxyl groups is 1. The normalized spacial score (nSPS) is 26.9. The van der Waals surface area contributed by atoms with Gasteiger partial charge in [-0.2, -0.15) is 0 Å². The van der Waals surface area contributed by atoms with Crippen molar-refractivity contribution < 1.29 is 14.6 Å². The van der Waals surface area contributed by atoms with Gasteiger partial charge in [-0.1, -0.05) is 6.92 Å². The first-order valence-electron chi connectivity index (χ1n) is 8.03. The van der Waals surface area contributed by atoms with Gasteiger partial charge in [-0.3, -0.25) is 4.99 Å². The van der Waals surface area contributed by atoms with Gasteiger partial charge in [0.1, 0.15) is 0 Å². The first kappa shape index (κ1) is 16.5. The van der Waals surface area contributed by atoms with E-state index in [1.807, 2.05) is 0 Å². The van der Waals surface area contributed by atoms with Gasteiger partial charge in [-0.25, -0.2) is 0 Å². The van der Waals surface area contributed by atoms with E-state index >= 15 is 0 Å². The van der Waals surface area contributed by atoms with Gasteiger partial charge in [0.05, 0.1) is 25.4 Å². The SMILES string of the molecule is CC1CCCN(C(N)=NCC2(OCCO)CCOCC2)C1. The maximum atomic E-state index is 9.00. The standard InChI is InChI=1S/C15H29N3O3/c1-13-3-2-6-18(11-13)14(16)17-12-15(21-10-7-19)4-8-20-9-5-15/h13,19H,2-12H2,1H3,(H2,16,17). The highest BCUT2D eigenvalue weighted by molar-refractivity contribution is 5.78. The second-order valence-electron chi connectivity index (χ2n) is 6.24. The number of nitrogens with zero attached hydrogens (tertiary/aromatic N) is 2. The van der Waals surface area contributed by atoms with Crippen LogP contribution < -0.4 is 5.73 Å². The fraction of sp³-hybridized carbons (Fsp3) is 0.933. The van der Waals surface area contributed by atoms with Crippen LogP contribution in [0.15, 0.2) is 4.99 Å². The Hall–Kier alpha value is -0.850. The number of aliphatic imine (C=N–C) groups is 1. The molecule has 122 valence electrons. The first-order chi connectivity index (χ1) is 10.2. The van der Waals surface area contributed by atoms with E-state index in [2.05, 4.69) is 16.8 Å². The van der Waals surface area contributed by atoms with Gasteiger partial charge in [0, 0.05) is 39.1 Å². The molecule has 0 aliphatic carbocycles. The molecule has 2 saturated heterocycles. The second-order valence-corrected chi connectivity index (χ2v) is 6.24. The molecule has 1 atom stereocenters. The van der Waals surface area contributed by atoms with E-state index in [4.69, 9.17) is 20.3 Å². The monoisotopic (exact) mass is 299 g/mol. The largest absolute Gasteiger partial charge is 0.394 e.